The van der Waals surface area contributed by atoms with Crippen molar-refractivity contribution in [2.24, 2.45) is 0 Å². The van der Waals surface area contributed by atoms with Crippen molar-refractivity contribution >= 4 is 11.6 Å². The number of aromatic nitrogens is 2. The molecule has 12 heavy (non-hydrogen) atoms. The highest BCUT2D eigenvalue weighted by molar-refractivity contribution is 6.30. The van der Waals surface area contributed by atoms with Crippen LogP contribution in [-0.4, -0.2) is 16.6 Å². The molecule has 0 unspecified atom stereocenters. The van der Waals surface area contributed by atoms with Crippen LogP contribution in [-0.2, 0) is 17.8 Å². The molecular formula is C8H9ClN2O. The number of rotatable bonds is 0. The van der Waals surface area contributed by atoms with Gasteiger partial charge in [-0.1, -0.05) is 11.6 Å². The Kier molecular flexibility index (Phi) is 1.98. The van der Waals surface area contributed by atoms with Gasteiger partial charge in [-0.15, -0.1) is 0 Å². The zero-order chi connectivity index (χ0) is 8.55. The van der Waals surface area contributed by atoms with E-state index in [2.05, 4.69) is 9.97 Å². The fourth-order valence-electron chi connectivity index (χ4n) is 1.31. The second-order valence-corrected chi connectivity index (χ2v) is 3.15. The van der Waals surface area contributed by atoms with Crippen LogP contribution >= 0.6 is 11.6 Å². The summed E-state index contributed by atoms with van der Waals surface area (Å²) in [6, 6.07) is 0. The molecule has 0 spiro atoms. The van der Waals surface area contributed by atoms with Crippen molar-refractivity contribution in [3.8, 4) is 0 Å². The fourth-order valence-corrected chi connectivity index (χ4v) is 1.60. The van der Waals surface area contributed by atoms with E-state index < -0.39 is 0 Å². The van der Waals surface area contributed by atoms with Crippen LogP contribution in [0.5, 0.6) is 0 Å². The van der Waals surface area contributed by atoms with Gasteiger partial charge in [0.1, 0.15) is 11.0 Å². The quantitative estimate of drug-likeness (QED) is 0.574. The van der Waals surface area contributed by atoms with Gasteiger partial charge in [0.15, 0.2) is 0 Å². The third kappa shape index (κ3) is 1.30. The van der Waals surface area contributed by atoms with Gasteiger partial charge in [0.05, 0.1) is 18.9 Å². The minimum absolute atomic E-state index is 0.539. The van der Waals surface area contributed by atoms with Crippen LogP contribution in [0.4, 0.5) is 0 Å². The summed E-state index contributed by atoms with van der Waals surface area (Å²) in [7, 11) is 0. The molecule has 1 aromatic heterocycles. The number of aryl methyl sites for hydroxylation is 1. The molecule has 3 nitrogen and oxygen atoms in total. The Morgan fingerprint density at radius 2 is 2.25 bits per heavy atom. The van der Waals surface area contributed by atoms with Crippen molar-refractivity contribution in [1.29, 1.82) is 0 Å². The molecule has 2 heterocycles. The van der Waals surface area contributed by atoms with Gasteiger partial charge in [0.25, 0.3) is 0 Å². The molecule has 0 aromatic carbocycles. The molecule has 0 saturated carbocycles. The molecule has 0 aliphatic carbocycles. The lowest BCUT2D eigenvalue weighted by atomic mass is 10.1. The normalized spacial score (nSPS) is 15.8. The summed E-state index contributed by atoms with van der Waals surface area (Å²) in [5, 5.41) is 0.539. The molecule has 1 aliphatic heterocycles. The Morgan fingerprint density at radius 3 is 3.08 bits per heavy atom. The average molecular weight is 185 g/mol. The first-order valence-corrected chi connectivity index (χ1v) is 4.25. The molecule has 0 atom stereocenters. The van der Waals surface area contributed by atoms with Gasteiger partial charge in [-0.3, -0.25) is 0 Å². The number of hydrogen-bond donors (Lipinski definition) is 0. The third-order valence-electron chi connectivity index (χ3n) is 1.88. The lowest BCUT2D eigenvalue weighted by Crippen LogP contribution is -2.14. The summed E-state index contributed by atoms with van der Waals surface area (Å²) < 4.78 is 5.25. The van der Waals surface area contributed by atoms with Crippen molar-refractivity contribution in [2.75, 3.05) is 6.61 Å². The Labute approximate surface area is 75.7 Å². The molecule has 0 amide bonds. The van der Waals surface area contributed by atoms with E-state index in [0.717, 1.165) is 30.1 Å². The topological polar surface area (TPSA) is 35.0 Å². The molecule has 0 radical (unpaired) electrons. The second-order valence-electron chi connectivity index (χ2n) is 2.79. The largest absolute Gasteiger partial charge is 0.376 e. The monoisotopic (exact) mass is 184 g/mol. The standard InChI is InChI=1S/C8H9ClN2O/c1-5-10-7-2-3-12-4-6(7)8(9)11-5/h2-4H2,1H3. The first-order valence-electron chi connectivity index (χ1n) is 3.87. The number of nitrogens with zero attached hydrogens (tertiary/aromatic N) is 2. The van der Waals surface area contributed by atoms with Crippen molar-refractivity contribution in [2.45, 2.75) is 20.0 Å². The highest BCUT2D eigenvalue weighted by atomic mass is 35.5. The summed E-state index contributed by atoms with van der Waals surface area (Å²) in [5.74, 6) is 0.737. The van der Waals surface area contributed by atoms with E-state index in [1.165, 1.54) is 0 Å². The molecule has 64 valence electrons. The van der Waals surface area contributed by atoms with Gasteiger partial charge in [-0.25, -0.2) is 9.97 Å². The maximum absolute atomic E-state index is 5.92. The molecule has 0 bridgehead atoms. The lowest BCUT2D eigenvalue weighted by Gasteiger charge is -2.16. The molecule has 0 saturated heterocycles. The van der Waals surface area contributed by atoms with E-state index >= 15 is 0 Å². The van der Waals surface area contributed by atoms with E-state index in [1.807, 2.05) is 6.92 Å². The summed E-state index contributed by atoms with van der Waals surface area (Å²) in [6.07, 6.45) is 0.846. The number of fused-ring (bicyclic) bond motifs is 1. The van der Waals surface area contributed by atoms with E-state index in [-0.39, 0.29) is 0 Å². The van der Waals surface area contributed by atoms with E-state index in [9.17, 15) is 0 Å². The zero-order valence-corrected chi connectivity index (χ0v) is 7.56. The van der Waals surface area contributed by atoms with Gasteiger partial charge < -0.3 is 4.74 Å². The smallest absolute Gasteiger partial charge is 0.138 e. The van der Waals surface area contributed by atoms with Crippen molar-refractivity contribution < 1.29 is 4.74 Å². The zero-order valence-electron chi connectivity index (χ0n) is 6.80. The van der Waals surface area contributed by atoms with Crippen LogP contribution < -0.4 is 0 Å². The Balaban J connectivity index is 2.53. The van der Waals surface area contributed by atoms with Gasteiger partial charge in [0.2, 0.25) is 0 Å². The maximum Gasteiger partial charge on any atom is 0.138 e. The van der Waals surface area contributed by atoms with Crippen LogP contribution in [0, 0.1) is 6.92 Å². The van der Waals surface area contributed by atoms with E-state index in [1.54, 1.807) is 0 Å². The number of hydrogen-bond acceptors (Lipinski definition) is 3. The SMILES string of the molecule is Cc1nc(Cl)c2c(n1)CCOC2. The summed E-state index contributed by atoms with van der Waals surface area (Å²) >= 11 is 5.92. The van der Waals surface area contributed by atoms with Crippen molar-refractivity contribution in [3.63, 3.8) is 0 Å². The predicted molar refractivity (Wildman–Crippen MR) is 45.1 cm³/mol. The van der Waals surface area contributed by atoms with Crippen LogP contribution in [0.1, 0.15) is 17.1 Å². The molecule has 1 aliphatic rings. The van der Waals surface area contributed by atoms with Crippen LogP contribution in [0.15, 0.2) is 0 Å². The Hall–Kier alpha value is -0.670. The summed E-state index contributed by atoms with van der Waals surface area (Å²) in [5.41, 5.74) is 1.99. The number of ether oxygens (including phenoxy) is 1. The molecule has 2 rings (SSSR count). The average Bonchev–Trinajstić information content (AvgIpc) is 2.04. The first kappa shape index (κ1) is 7.95. The summed E-state index contributed by atoms with van der Waals surface area (Å²) in [4.78, 5) is 8.36. The van der Waals surface area contributed by atoms with Crippen LogP contribution in [0.3, 0.4) is 0 Å². The van der Waals surface area contributed by atoms with Gasteiger partial charge >= 0.3 is 0 Å². The van der Waals surface area contributed by atoms with Gasteiger partial charge in [0, 0.05) is 12.0 Å². The van der Waals surface area contributed by atoms with Crippen LogP contribution in [0.2, 0.25) is 5.15 Å². The molecule has 4 heteroatoms. The maximum atomic E-state index is 5.92. The summed E-state index contributed by atoms with van der Waals surface area (Å²) in [6.45, 7) is 3.13. The van der Waals surface area contributed by atoms with Gasteiger partial charge in [-0.2, -0.15) is 0 Å². The Bertz CT molecular complexity index is 314. The van der Waals surface area contributed by atoms with Gasteiger partial charge in [-0.05, 0) is 6.92 Å². The van der Waals surface area contributed by atoms with Crippen molar-refractivity contribution in [3.05, 3.63) is 22.2 Å². The van der Waals surface area contributed by atoms with Crippen molar-refractivity contribution in [1.82, 2.24) is 9.97 Å². The molecule has 0 fully saturated rings. The highest BCUT2D eigenvalue weighted by Gasteiger charge is 2.15. The highest BCUT2D eigenvalue weighted by Crippen LogP contribution is 2.21. The third-order valence-corrected chi connectivity index (χ3v) is 2.20. The Morgan fingerprint density at radius 1 is 1.42 bits per heavy atom. The van der Waals surface area contributed by atoms with E-state index in [4.69, 9.17) is 16.3 Å². The second kappa shape index (κ2) is 2.99. The molecule has 0 N–H and O–H groups in total. The minimum Gasteiger partial charge on any atom is -0.376 e. The molecular weight excluding hydrogens is 176 g/mol. The predicted octanol–water partition coefficient (Wildman–Crippen LogP) is 1.51. The fraction of sp³-hybridized carbons (Fsp3) is 0.500. The van der Waals surface area contributed by atoms with Crippen LogP contribution in [0.25, 0.3) is 0 Å². The minimum atomic E-state index is 0.539. The number of halogens is 1. The first-order chi connectivity index (χ1) is 5.77. The lowest BCUT2D eigenvalue weighted by molar-refractivity contribution is 0.109. The van der Waals surface area contributed by atoms with E-state index in [0.29, 0.717) is 11.8 Å². The molecule has 1 aromatic rings.